The highest BCUT2D eigenvalue weighted by Gasteiger charge is 2.16. The summed E-state index contributed by atoms with van der Waals surface area (Å²) < 4.78 is 0. The number of carbonyl (C=O) groups is 2. The number of aryl methyl sites for hydroxylation is 1. The van der Waals surface area contributed by atoms with Crippen molar-refractivity contribution in [2.45, 2.75) is 24.8 Å². The van der Waals surface area contributed by atoms with Crippen molar-refractivity contribution in [3.63, 3.8) is 0 Å². The summed E-state index contributed by atoms with van der Waals surface area (Å²) >= 11 is 1.54. The third kappa shape index (κ3) is 3.49. The van der Waals surface area contributed by atoms with Gasteiger partial charge in [-0.15, -0.1) is 11.8 Å². The maximum absolute atomic E-state index is 11.9. The maximum Gasteiger partial charge on any atom is 0.325 e. The largest absolute Gasteiger partial charge is 0.480 e. The van der Waals surface area contributed by atoms with Crippen molar-refractivity contribution in [2.24, 2.45) is 0 Å². The van der Waals surface area contributed by atoms with Gasteiger partial charge >= 0.3 is 5.97 Å². The van der Waals surface area contributed by atoms with Gasteiger partial charge in [-0.2, -0.15) is 0 Å². The number of rotatable bonds is 4. The molecule has 1 aromatic rings. The summed E-state index contributed by atoms with van der Waals surface area (Å²) in [6.07, 6.45) is 1.92. The Morgan fingerprint density at radius 1 is 1.41 bits per heavy atom. The molecular formula is C12H15NO3S. The fourth-order valence-electron chi connectivity index (χ4n) is 1.31. The van der Waals surface area contributed by atoms with Crippen LogP contribution in [0.1, 0.15) is 22.8 Å². The fraction of sp³-hybridized carbons (Fsp3) is 0.333. The lowest BCUT2D eigenvalue weighted by Gasteiger charge is -2.11. The molecule has 0 fully saturated rings. The molecule has 0 radical (unpaired) electrons. The van der Waals surface area contributed by atoms with Crippen LogP contribution >= 0.6 is 11.8 Å². The Hall–Kier alpha value is -1.49. The first kappa shape index (κ1) is 13.6. The van der Waals surface area contributed by atoms with E-state index in [0.717, 1.165) is 10.5 Å². The standard InChI is InChI=1S/C12H15NO3S/c1-7-4-5-9(17-3)6-10(7)11(14)13-8(2)12(15)16/h4-6,8H,1-3H3,(H,13,14)(H,15,16). The second-order valence-corrected chi connectivity index (χ2v) is 4.59. The molecule has 1 aromatic carbocycles. The van der Waals surface area contributed by atoms with Gasteiger partial charge in [0.1, 0.15) is 6.04 Å². The van der Waals surface area contributed by atoms with Gasteiger partial charge < -0.3 is 10.4 Å². The van der Waals surface area contributed by atoms with Gasteiger partial charge in [0.15, 0.2) is 0 Å². The molecule has 0 aromatic heterocycles. The Morgan fingerprint density at radius 2 is 2.06 bits per heavy atom. The molecule has 5 heteroatoms. The molecule has 4 nitrogen and oxygen atoms in total. The smallest absolute Gasteiger partial charge is 0.325 e. The molecule has 0 saturated heterocycles. The predicted octanol–water partition coefficient (Wildman–Crippen LogP) is 1.92. The summed E-state index contributed by atoms with van der Waals surface area (Å²) in [4.78, 5) is 23.5. The lowest BCUT2D eigenvalue weighted by Crippen LogP contribution is -2.38. The van der Waals surface area contributed by atoms with Gasteiger partial charge in [-0.3, -0.25) is 9.59 Å². The molecule has 0 aliphatic carbocycles. The molecule has 0 aliphatic rings. The van der Waals surface area contributed by atoms with Crippen LogP contribution in [-0.4, -0.2) is 29.3 Å². The second kappa shape index (κ2) is 5.72. The normalized spacial score (nSPS) is 11.9. The predicted molar refractivity (Wildman–Crippen MR) is 67.5 cm³/mol. The van der Waals surface area contributed by atoms with E-state index in [1.165, 1.54) is 18.7 Å². The number of carboxylic acids is 1. The number of hydrogen-bond acceptors (Lipinski definition) is 3. The van der Waals surface area contributed by atoms with Crippen molar-refractivity contribution in [1.29, 1.82) is 0 Å². The van der Waals surface area contributed by atoms with Crippen LogP contribution in [0, 0.1) is 6.92 Å². The fourth-order valence-corrected chi connectivity index (χ4v) is 1.75. The molecule has 17 heavy (non-hydrogen) atoms. The van der Waals surface area contributed by atoms with Crippen LogP contribution in [0.4, 0.5) is 0 Å². The van der Waals surface area contributed by atoms with Crippen LogP contribution in [0.15, 0.2) is 23.1 Å². The van der Waals surface area contributed by atoms with Gasteiger partial charge in [-0.1, -0.05) is 6.07 Å². The van der Waals surface area contributed by atoms with E-state index >= 15 is 0 Å². The number of carboxylic acid groups (broad SMARTS) is 1. The van der Waals surface area contributed by atoms with Crippen LogP contribution in [0.5, 0.6) is 0 Å². The van der Waals surface area contributed by atoms with Gasteiger partial charge in [0.25, 0.3) is 5.91 Å². The Kier molecular flexibility index (Phi) is 4.57. The van der Waals surface area contributed by atoms with E-state index < -0.39 is 12.0 Å². The van der Waals surface area contributed by atoms with Gasteiger partial charge in [-0.25, -0.2) is 0 Å². The van der Waals surface area contributed by atoms with Crippen LogP contribution < -0.4 is 5.32 Å². The summed E-state index contributed by atoms with van der Waals surface area (Å²) in [5.41, 5.74) is 1.35. The minimum atomic E-state index is -1.04. The average Bonchev–Trinajstić information content (AvgIpc) is 2.29. The quantitative estimate of drug-likeness (QED) is 0.804. The Bertz CT molecular complexity index is 445. The Labute approximate surface area is 104 Å². The van der Waals surface area contributed by atoms with Crippen molar-refractivity contribution in [3.8, 4) is 0 Å². The van der Waals surface area contributed by atoms with E-state index in [0.29, 0.717) is 5.56 Å². The maximum atomic E-state index is 11.9. The average molecular weight is 253 g/mol. The zero-order valence-corrected chi connectivity index (χ0v) is 10.8. The molecule has 0 saturated carbocycles. The van der Waals surface area contributed by atoms with Gasteiger partial charge in [0.2, 0.25) is 0 Å². The summed E-state index contributed by atoms with van der Waals surface area (Å²) in [7, 11) is 0. The molecule has 1 unspecified atom stereocenters. The molecule has 0 spiro atoms. The summed E-state index contributed by atoms with van der Waals surface area (Å²) in [6.45, 7) is 3.26. The minimum Gasteiger partial charge on any atom is -0.480 e. The third-order valence-electron chi connectivity index (χ3n) is 2.41. The summed E-state index contributed by atoms with van der Waals surface area (Å²) in [5.74, 6) is -1.40. The first-order valence-electron chi connectivity index (χ1n) is 5.14. The molecular weight excluding hydrogens is 238 g/mol. The number of thioether (sulfide) groups is 1. The Morgan fingerprint density at radius 3 is 2.59 bits per heavy atom. The molecule has 0 aliphatic heterocycles. The first-order chi connectivity index (χ1) is 7.95. The van der Waals surface area contributed by atoms with Gasteiger partial charge in [0, 0.05) is 10.5 Å². The zero-order chi connectivity index (χ0) is 13.0. The lowest BCUT2D eigenvalue weighted by atomic mass is 10.1. The lowest BCUT2D eigenvalue weighted by molar-refractivity contribution is -0.138. The highest BCUT2D eigenvalue weighted by Crippen LogP contribution is 2.19. The SMILES string of the molecule is CSc1ccc(C)c(C(=O)NC(C)C(=O)O)c1. The molecule has 1 rings (SSSR count). The van der Waals surface area contributed by atoms with E-state index in [4.69, 9.17) is 5.11 Å². The van der Waals surface area contributed by atoms with E-state index in [-0.39, 0.29) is 5.91 Å². The van der Waals surface area contributed by atoms with E-state index in [9.17, 15) is 9.59 Å². The molecule has 2 N–H and O–H groups in total. The molecule has 1 amide bonds. The molecule has 0 heterocycles. The number of benzene rings is 1. The van der Waals surface area contributed by atoms with Crippen molar-refractivity contribution in [3.05, 3.63) is 29.3 Å². The number of hydrogen-bond donors (Lipinski definition) is 2. The van der Waals surface area contributed by atoms with Gasteiger partial charge in [-0.05, 0) is 37.8 Å². The van der Waals surface area contributed by atoms with Crippen molar-refractivity contribution >= 4 is 23.6 Å². The van der Waals surface area contributed by atoms with Crippen LogP contribution in [0.2, 0.25) is 0 Å². The van der Waals surface area contributed by atoms with Crippen molar-refractivity contribution in [1.82, 2.24) is 5.32 Å². The van der Waals surface area contributed by atoms with Crippen molar-refractivity contribution < 1.29 is 14.7 Å². The molecule has 1 atom stereocenters. The second-order valence-electron chi connectivity index (χ2n) is 3.71. The zero-order valence-electron chi connectivity index (χ0n) is 9.98. The molecule has 92 valence electrons. The monoisotopic (exact) mass is 253 g/mol. The highest BCUT2D eigenvalue weighted by molar-refractivity contribution is 7.98. The first-order valence-corrected chi connectivity index (χ1v) is 6.36. The van der Waals surface area contributed by atoms with Crippen molar-refractivity contribution in [2.75, 3.05) is 6.26 Å². The van der Waals surface area contributed by atoms with Crippen LogP contribution in [0.3, 0.4) is 0 Å². The number of amides is 1. The summed E-state index contributed by atoms with van der Waals surface area (Å²) in [5, 5.41) is 11.2. The highest BCUT2D eigenvalue weighted by atomic mass is 32.2. The topological polar surface area (TPSA) is 66.4 Å². The number of aliphatic carboxylic acids is 1. The summed E-state index contributed by atoms with van der Waals surface area (Å²) in [6, 6.07) is 4.66. The minimum absolute atomic E-state index is 0.353. The van der Waals surface area contributed by atoms with E-state index in [1.54, 1.807) is 6.07 Å². The van der Waals surface area contributed by atoms with Crippen LogP contribution in [0.25, 0.3) is 0 Å². The van der Waals surface area contributed by atoms with E-state index in [2.05, 4.69) is 5.32 Å². The Balaban J connectivity index is 2.91. The number of carbonyl (C=O) groups excluding carboxylic acids is 1. The third-order valence-corrected chi connectivity index (χ3v) is 3.13. The van der Waals surface area contributed by atoms with E-state index in [1.807, 2.05) is 25.3 Å². The molecule has 0 bridgehead atoms. The van der Waals surface area contributed by atoms with Crippen LogP contribution in [-0.2, 0) is 4.79 Å². The van der Waals surface area contributed by atoms with Gasteiger partial charge in [0.05, 0.1) is 0 Å². The number of nitrogens with one attached hydrogen (secondary N) is 1.